The van der Waals surface area contributed by atoms with Crippen LogP contribution in [0.25, 0.3) is 0 Å². The molecular formula is C11H11BrN2O2. The van der Waals surface area contributed by atoms with Crippen LogP contribution in [0.4, 0.5) is 5.69 Å². The normalized spacial score (nSPS) is 15.5. The van der Waals surface area contributed by atoms with E-state index in [0.717, 1.165) is 15.9 Å². The zero-order valence-electron chi connectivity index (χ0n) is 8.81. The summed E-state index contributed by atoms with van der Waals surface area (Å²) >= 11 is 3.35. The molecule has 0 saturated carbocycles. The fourth-order valence-electron chi connectivity index (χ4n) is 1.51. The first kappa shape index (κ1) is 11.3. The van der Waals surface area contributed by atoms with Gasteiger partial charge >= 0.3 is 0 Å². The van der Waals surface area contributed by atoms with Crippen molar-refractivity contribution in [3.05, 3.63) is 28.7 Å². The van der Waals surface area contributed by atoms with Crippen LogP contribution in [0.1, 0.15) is 6.42 Å². The van der Waals surface area contributed by atoms with E-state index in [-0.39, 0.29) is 5.91 Å². The number of rotatable bonds is 3. The lowest BCUT2D eigenvalue weighted by molar-refractivity contribution is -0.116. The number of carbonyl (C=O) groups is 1. The van der Waals surface area contributed by atoms with Crippen molar-refractivity contribution in [3.63, 3.8) is 0 Å². The number of benzene rings is 1. The lowest BCUT2D eigenvalue weighted by Gasteiger charge is -2.11. The van der Waals surface area contributed by atoms with Crippen molar-refractivity contribution in [1.29, 1.82) is 0 Å². The van der Waals surface area contributed by atoms with Crippen LogP contribution in [-0.4, -0.2) is 25.3 Å². The molecule has 1 aliphatic rings. The monoisotopic (exact) mass is 282 g/mol. The minimum atomic E-state index is -0.0191. The van der Waals surface area contributed by atoms with Gasteiger partial charge < -0.3 is 4.74 Å². The van der Waals surface area contributed by atoms with E-state index in [2.05, 4.69) is 21.0 Å². The van der Waals surface area contributed by atoms with Gasteiger partial charge in [0.15, 0.2) is 0 Å². The molecule has 0 bridgehead atoms. The number of nitrogens with zero attached hydrogens (tertiary/aromatic N) is 2. The quantitative estimate of drug-likeness (QED) is 0.853. The average molecular weight is 283 g/mol. The summed E-state index contributed by atoms with van der Waals surface area (Å²) in [5, 5.41) is 5.64. The molecule has 0 radical (unpaired) electrons. The van der Waals surface area contributed by atoms with Gasteiger partial charge in [-0.25, -0.2) is 5.01 Å². The summed E-state index contributed by atoms with van der Waals surface area (Å²) in [6.45, 7) is 0.402. The van der Waals surface area contributed by atoms with Gasteiger partial charge in [-0.15, -0.1) is 0 Å². The molecule has 1 aromatic carbocycles. The molecule has 0 atom stereocenters. The van der Waals surface area contributed by atoms with Crippen LogP contribution in [0.3, 0.4) is 0 Å². The zero-order valence-corrected chi connectivity index (χ0v) is 10.4. The summed E-state index contributed by atoms with van der Waals surface area (Å²) in [4.78, 5) is 11.7. The highest BCUT2D eigenvalue weighted by molar-refractivity contribution is 9.10. The molecule has 0 N–H and O–H groups in total. The van der Waals surface area contributed by atoms with Gasteiger partial charge in [-0.1, -0.05) is 15.9 Å². The van der Waals surface area contributed by atoms with Crippen molar-refractivity contribution in [2.75, 3.05) is 18.7 Å². The van der Waals surface area contributed by atoms with Gasteiger partial charge in [-0.2, -0.15) is 5.10 Å². The summed E-state index contributed by atoms with van der Waals surface area (Å²) in [6, 6.07) is 7.46. The minimum absolute atomic E-state index is 0.0191. The highest BCUT2D eigenvalue weighted by Crippen LogP contribution is 2.22. The number of ether oxygens (including phenoxy) is 1. The lowest BCUT2D eigenvalue weighted by atomic mass is 10.2. The predicted octanol–water partition coefficient (Wildman–Crippen LogP) is 2.19. The van der Waals surface area contributed by atoms with Gasteiger partial charge in [-0.05, 0) is 24.3 Å². The molecule has 84 valence electrons. The molecule has 0 fully saturated rings. The van der Waals surface area contributed by atoms with Crippen molar-refractivity contribution in [2.45, 2.75) is 6.42 Å². The van der Waals surface area contributed by atoms with E-state index < -0.39 is 0 Å². The summed E-state index contributed by atoms with van der Waals surface area (Å²) in [6.07, 6.45) is 0.337. The lowest BCUT2D eigenvalue weighted by Crippen LogP contribution is -2.19. The number of carbonyl (C=O) groups excluding carboxylic acids is 1. The van der Waals surface area contributed by atoms with E-state index in [4.69, 9.17) is 4.74 Å². The molecular weight excluding hydrogens is 272 g/mol. The van der Waals surface area contributed by atoms with E-state index >= 15 is 0 Å². The van der Waals surface area contributed by atoms with Crippen LogP contribution in [0.15, 0.2) is 33.8 Å². The summed E-state index contributed by atoms with van der Waals surface area (Å²) in [7, 11) is 1.59. The van der Waals surface area contributed by atoms with Gasteiger partial charge in [0.1, 0.15) is 0 Å². The summed E-state index contributed by atoms with van der Waals surface area (Å²) in [5.74, 6) is -0.0191. The molecule has 2 rings (SSSR count). The van der Waals surface area contributed by atoms with Gasteiger partial charge in [0.05, 0.1) is 24.4 Å². The highest BCUT2D eigenvalue weighted by Gasteiger charge is 2.24. The second-order valence-corrected chi connectivity index (χ2v) is 4.37. The zero-order chi connectivity index (χ0) is 11.5. The van der Waals surface area contributed by atoms with Crippen molar-refractivity contribution >= 4 is 33.2 Å². The van der Waals surface area contributed by atoms with Crippen molar-refractivity contribution in [1.82, 2.24) is 0 Å². The standard InChI is InChI=1S/C11H11BrN2O2/c1-16-7-9-6-11(15)14(13-9)10-4-2-8(12)3-5-10/h2-5H,6-7H2,1H3. The smallest absolute Gasteiger partial charge is 0.253 e. The molecule has 1 aliphatic heterocycles. The molecule has 0 saturated heterocycles. The molecule has 0 unspecified atom stereocenters. The van der Waals surface area contributed by atoms with E-state index in [1.54, 1.807) is 7.11 Å². The van der Waals surface area contributed by atoms with Crippen molar-refractivity contribution < 1.29 is 9.53 Å². The maximum atomic E-state index is 11.7. The topological polar surface area (TPSA) is 41.9 Å². The Bertz CT molecular complexity index is 428. The number of halogens is 1. The third-order valence-electron chi connectivity index (χ3n) is 2.22. The van der Waals surface area contributed by atoms with E-state index in [0.29, 0.717) is 13.0 Å². The van der Waals surface area contributed by atoms with Gasteiger partial charge in [0, 0.05) is 11.6 Å². The van der Waals surface area contributed by atoms with E-state index in [1.165, 1.54) is 5.01 Å². The molecule has 0 spiro atoms. The number of amides is 1. The SMILES string of the molecule is COCC1=NN(c2ccc(Br)cc2)C(=O)C1. The van der Waals surface area contributed by atoms with Crippen LogP contribution in [0, 0.1) is 0 Å². The molecule has 1 amide bonds. The Balaban J connectivity index is 2.21. The first-order valence-corrected chi connectivity index (χ1v) is 5.64. The Morgan fingerprint density at radius 2 is 2.12 bits per heavy atom. The van der Waals surface area contributed by atoms with Crippen molar-refractivity contribution in [3.8, 4) is 0 Å². The third-order valence-corrected chi connectivity index (χ3v) is 2.74. The van der Waals surface area contributed by atoms with Crippen LogP contribution in [0.2, 0.25) is 0 Å². The van der Waals surface area contributed by atoms with Gasteiger partial charge in [-0.3, -0.25) is 4.79 Å². The Morgan fingerprint density at radius 1 is 1.44 bits per heavy atom. The highest BCUT2D eigenvalue weighted by atomic mass is 79.9. The molecule has 16 heavy (non-hydrogen) atoms. The number of hydrogen-bond donors (Lipinski definition) is 0. The first-order valence-electron chi connectivity index (χ1n) is 4.84. The van der Waals surface area contributed by atoms with Crippen LogP contribution >= 0.6 is 15.9 Å². The van der Waals surface area contributed by atoms with Crippen LogP contribution in [0.5, 0.6) is 0 Å². The Morgan fingerprint density at radius 3 is 2.75 bits per heavy atom. The maximum absolute atomic E-state index is 11.7. The minimum Gasteiger partial charge on any atom is -0.379 e. The Labute approximate surface area is 102 Å². The molecule has 1 heterocycles. The number of hydrogen-bond acceptors (Lipinski definition) is 3. The fourth-order valence-corrected chi connectivity index (χ4v) is 1.78. The molecule has 5 heteroatoms. The molecule has 0 aromatic heterocycles. The molecule has 1 aromatic rings. The van der Waals surface area contributed by atoms with Crippen LogP contribution < -0.4 is 5.01 Å². The van der Waals surface area contributed by atoms with Crippen LogP contribution in [-0.2, 0) is 9.53 Å². The van der Waals surface area contributed by atoms with Crippen molar-refractivity contribution in [2.24, 2.45) is 5.10 Å². The van der Waals surface area contributed by atoms with Gasteiger partial charge in [0.2, 0.25) is 0 Å². The maximum Gasteiger partial charge on any atom is 0.253 e. The first-order chi connectivity index (χ1) is 7.70. The largest absolute Gasteiger partial charge is 0.379 e. The fraction of sp³-hybridized carbons (Fsp3) is 0.273. The second kappa shape index (κ2) is 4.76. The number of methoxy groups -OCH3 is 1. The summed E-state index contributed by atoms with van der Waals surface area (Å²) < 4.78 is 5.94. The Hall–Kier alpha value is -1.20. The second-order valence-electron chi connectivity index (χ2n) is 3.46. The molecule has 4 nitrogen and oxygen atoms in total. The third kappa shape index (κ3) is 2.31. The van der Waals surface area contributed by atoms with Gasteiger partial charge in [0.25, 0.3) is 5.91 Å². The summed E-state index contributed by atoms with van der Waals surface area (Å²) in [5.41, 5.74) is 1.54. The average Bonchev–Trinajstić information content (AvgIpc) is 2.61. The van der Waals surface area contributed by atoms with E-state index in [1.807, 2.05) is 24.3 Å². The Kier molecular flexibility index (Phi) is 3.36. The number of hydrazone groups is 1. The number of anilines is 1. The molecule has 0 aliphatic carbocycles. The predicted molar refractivity (Wildman–Crippen MR) is 65.6 cm³/mol. The van der Waals surface area contributed by atoms with E-state index in [9.17, 15) is 4.79 Å².